The van der Waals surface area contributed by atoms with Crippen LogP contribution in [-0.4, -0.2) is 19.0 Å². The van der Waals surface area contributed by atoms with Crippen LogP contribution in [0.25, 0.3) is 0 Å². The lowest BCUT2D eigenvalue weighted by atomic mass is 10.2. The fourth-order valence-corrected chi connectivity index (χ4v) is 1.36. The average Bonchev–Trinajstić information content (AvgIpc) is 2.34. The quantitative estimate of drug-likeness (QED) is 0.813. The zero-order chi connectivity index (χ0) is 14.5. The van der Waals surface area contributed by atoms with E-state index in [1.165, 1.54) is 0 Å². The Bertz CT molecular complexity index is 446. The summed E-state index contributed by atoms with van der Waals surface area (Å²) < 4.78 is 50.3. The number of amides is 1. The molecule has 1 amide bonds. The molecule has 0 radical (unpaired) electrons. The summed E-state index contributed by atoms with van der Waals surface area (Å²) in [6, 6.07) is 2.51. The molecule has 7 heteroatoms. The second-order valence-electron chi connectivity index (χ2n) is 3.90. The Labute approximate surface area is 108 Å². The van der Waals surface area contributed by atoms with Crippen LogP contribution in [0.5, 0.6) is 0 Å². The average molecular weight is 278 g/mol. The highest BCUT2D eigenvalue weighted by Gasteiger charge is 2.34. The largest absolute Gasteiger partial charge is 0.419 e. The second kappa shape index (κ2) is 6.40. The van der Waals surface area contributed by atoms with Crippen LogP contribution < -0.4 is 10.6 Å². The topological polar surface area (TPSA) is 41.1 Å². The van der Waals surface area contributed by atoms with Gasteiger partial charge in [0.2, 0.25) is 5.91 Å². The van der Waals surface area contributed by atoms with Crippen molar-refractivity contribution < 1.29 is 22.4 Å². The SMILES string of the molecule is CCCNC(=O)CNc1ccc(F)c(C(F)(F)F)c1. The van der Waals surface area contributed by atoms with Crippen molar-refractivity contribution in [1.82, 2.24) is 5.32 Å². The Balaban J connectivity index is 2.68. The molecule has 0 saturated carbocycles. The van der Waals surface area contributed by atoms with Crippen molar-refractivity contribution in [3.63, 3.8) is 0 Å². The molecule has 1 aromatic rings. The van der Waals surface area contributed by atoms with E-state index in [-0.39, 0.29) is 18.1 Å². The van der Waals surface area contributed by atoms with Gasteiger partial charge in [-0.05, 0) is 24.6 Å². The van der Waals surface area contributed by atoms with E-state index in [0.29, 0.717) is 12.6 Å². The Kier molecular flexibility index (Phi) is 5.14. The number of alkyl halides is 3. The van der Waals surface area contributed by atoms with E-state index in [2.05, 4.69) is 10.6 Å². The number of carbonyl (C=O) groups excluding carboxylic acids is 1. The van der Waals surface area contributed by atoms with Gasteiger partial charge in [-0.25, -0.2) is 4.39 Å². The van der Waals surface area contributed by atoms with Gasteiger partial charge in [0.15, 0.2) is 0 Å². The summed E-state index contributed by atoms with van der Waals surface area (Å²) in [5.41, 5.74) is -1.31. The molecule has 0 atom stereocenters. The number of benzene rings is 1. The molecular weight excluding hydrogens is 264 g/mol. The molecule has 2 N–H and O–H groups in total. The first-order valence-electron chi connectivity index (χ1n) is 5.72. The van der Waals surface area contributed by atoms with Gasteiger partial charge in [-0.2, -0.15) is 13.2 Å². The molecule has 1 aromatic carbocycles. The van der Waals surface area contributed by atoms with Crippen LogP contribution >= 0.6 is 0 Å². The number of hydrogen-bond donors (Lipinski definition) is 2. The monoisotopic (exact) mass is 278 g/mol. The van der Waals surface area contributed by atoms with Crippen molar-refractivity contribution >= 4 is 11.6 Å². The Morgan fingerprint density at radius 2 is 2.00 bits per heavy atom. The minimum absolute atomic E-state index is 0.0420. The van der Waals surface area contributed by atoms with Gasteiger partial charge >= 0.3 is 6.18 Å². The van der Waals surface area contributed by atoms with Gasteiger partial charge in [0.1, 0.15) is 5.82 Å². The first-order chi connectivity index (χ1) is 8.84. The minimum atomic E-state index is -4.76. The molecule has 0 spiro atoms. The van der Waals surface area contributed by atoms with Gasteiger partial charge in [-0.1, -0.05) is 6.92 Å². The molecule has 1 rings (SSSR count). The first-order valence-corrected chi connectivity index (χ1v) is 5.72. The maximum atomic E-state index is 13.0. The summed E-state index contributed by atoms with van der Waals surface area (Å²) in [6.07, 6.45) is -3.99. The predicted molar refractivity (Wildman–Crippen MR) is 63.2 cm³/mol. The summed E-state index contributed by atoms with van der Waals surface area (Å²) in [6.45, 7) is 2.21. The van der Waals surface area contributed by atoms with Gasteiger partial charge in [-0.15, -0.1) is 0 Å². The standard InChI is InChI=1S/C12H14F4N2O/c1-2-5-17-11(19)7-18-8-3-4-10(13)9(6-8)12(14,15)16/h3-4,6,18H,2,5,7H2,1H3,(H,17,19). The molecule has 19 heavy (non-hydrogen) atoms. The lowest BCUT2D eigenvalue weighted by Crippen LogP contribution is -2.30. The lowest BCUT2D eigenvalue weighted by Gasteiger charge is -2.11. The van der Waals surface area contributed by atoms with Crippen molar-refractivity contribution in [2.45, 2.75) is 19.5 Å². The molecule has 0 fully saturated rings. The number of carbonyl (C=O) groups is 1. The van der Waals surface area contributed by atoms with Gasteiger partial charge in [-0.3, -0.25) is 4.79 Å². The minimum Gasteiger partial charge on any atom is -0.376 e. The molecule has 0 saturated heterocycles. The summed E-state index contributed by atoms with van der Waals surface area (Å²) in [5.74, 6) is -1.67. The number of halogens is 4. The maximum absolute atomic E-state index is 13.0. The molecule has 3 nitrogen and oxygen atoms in total. The Morgan fingerprint density at radius 3 is 2.58 bits per heavy atom. The molecule has 0 unspecified atom stereocenters. The smallest absolute Gasteiger partial charge is 0.376 e. The molecule has 0 aliphatic carbocycles. The summed E-state index contributed by atoms with van der Waals surface area (Å²) in [4.78, 5) is 11.3. The highest BCUT2D eigenvalue weighted by Crippen LogP contribution is 2.32. The summed E-state index contributed by atoms with van der Waals surface area (Å²) in [7, 11) is 0. The number of anilines is 1. The van der Waals surface area contributed by atoms with E-state index in [4.69, 9.17) is 0 Å². The van der Waals surface area contributed by atoms with Crippen LogP contribution in [0, 0.1) is 5.82 Å². The van der Waals surface area contributed by atoms with Gasteiger partial charge < -0.3 is 10.6 Å². The summed E-state index contributed by atoms with van der Waals surface area (Å²) in [5, 5.41) is 5.08. The van der Waals surface area contributed by atoms with E-state index in [0.717, 1.165) is 18.6 Å². The molecule has 0 aliphatic heterocycles. The Hall–Kier alpha value is -1.79. The molecule has 106 valence electrons. The molecule has 0 bridgehead atoms. The summed E-state index contributed by atoms with van der Waals surface area (Å²) >= 11 is 0. The van der Waals surface area contributed by atoms with Gasteiger partial charge in [0, 0.05) is 12.2 Å². The van der Waals surface area contributed by atoms with E-state index in [1.807, 2.05) is 6.92 Å². The highest BCUT2D eigenvalue weighted by atomic mass is 19.4. The molecular formula is C12H14F4N2O. The van der Waals surface area contributed by atoms with Crippen molar-refractivity contribution in [2.75, 3.05) is 18.4 Å². The third kappa shape index (κ3) is 4.76. The number of hydrogen-bond acceptors (Lipinski definition) is 2. The molecule has 0 aliphatic rings. The Morgan fingerprint density at radius 1 is 1.32 bits per heavy atom. The highest BCUT2D eigenvalue weighted by molar-refractivity contribution is 5.80. The lowest BCUT2D eigenvalue weighted by molar-refractivity contribution is -0.139. The van der Waals surface area contributed by atoms with E-state index in [9.17, 15) is 22.4 Å². The predicted octanol–water partition coefficient (Wildman–Crippen LogP) is 2.78. The maximum Gasteiger partial charge on any atom is 0.419 e. The van der Waals surface area contributed by atoms with Crippen molar-refractivity contribution in [1.29, 1.82) is 0 Å². The van der Waals surface area contributed by atoms with E-state index >= 15 is 0 Å². The molecule has 0 heterocycles. The fourth-order valence-electron chi connectivity index (χ4n) is 1.36. The number of rotatable bonds is 5. The van der Waals surface area contributed by atoms with Gasteiger partial charge in [0.05, 0.1) is 12.1 Å². The molecule has 0 aromatic heterocycles. The van der Waals surface area contributed by atoms with Crippen molar-refractivity contribution in [3.05, 3.63) is 29.6 Å². The normalized spacial score (nSPS) is 11.2. The van der Waals surface area contributed by atoms with Crippen LogP contribution in [-0.2, 0) is 11.0 Å². The van der Waals surface area contributed by atoms with Crippen LogP contribution in [0.4, 0.5) is 23.2 Å². The van der Waals surface area contributed by atoms with Gasteiger partial charge in [0.25, 0.3) is 0 Å². The van der Waals surface area contributed by atoms with E-state index in [1.54, 1.807) is 0 Å². The first kappa shape index (κ1) is 15.3. The van der Waals surface area contributed by atoms with Crippen LogP contribution in [0.3, 0.4) is 0 Å². The van der Waals surface area contributed by atoms with Crippen LogP contribution in [0.1, 0.15) is 18.9 Å². The fraction of sp³-hybridized carbons (Fsp3) is 0.417. The zero-order valence-corrected chi connectivity index (χ0v) is 10.3. The zero-order valence-electron chi connectivity index (χ0n) is 10.3. The van der Waals surface area contributed by atoms with Crippen LogP contribution in [0.15, 0.2) is 18.2 Å². The third-order valence-corrected chi connectivity index (χ3v) is 2.30. The van der Waals surface area contributed by atoms with Crippen LogP contribution in [0.2, 0.25) is 0 Å². The van der Waals surface area contributed by atoms with E-state index < -0.39 is 17.6 Å². The second-order valence-corrected chi connectivity index (χ2v) is 3.90. The van der Waals surface area contributed by atoms with Crippen molar-refractivity contribution in [3.8, 4) is 0 Å². The van der Waals surface area contributed by atoms with Crippen molar-refractivity contribution in [2.24, 2.45) is 0 Å². The number of nitrogens with one attached hydrogen (secondary N) is 2. The third-order valence-electron chi connectivity index (χ3n) is 2.30.